The first-order chi connectivity index (χ1) is 10.3. The van der Waals surface area contributed by atoms with Crippen molar-refractivity contribution in [2.75, 3.05) is 5.32 Å². The summed E-state index contributed by atoms with van der Waals surface area (Å²) in [5.41, 5.74) is 2.03. The molecule has 0 saturated heterocycles. The van der Waals surface area contributed by atoms with Gasteiger partial charge in [-0.1, -0.05) is 30.3 Å². The Balaban J connectivity index is 1.56. The van der Waals surface area contributed by atoms with E-state index in [4.69, 9.17) is 0 Å². The highest BCUT2D eigenvalue weighted by Gasteiger charge is 2.06. The number of aromatic nitrogens is 1. The number of thiazole rings is 1. The van der Waals surface area contributed by atoms with Gasteiger partial charge in [0.1, 0.15) is 5.01 Å². The van der Waals surface area contributed by atoms with Crippen LogP contribution in [0.15, 0.2) is 53.2 Å². The molecule has 0 atom stereocenters. The van der Waals surface area contributed by atoms with Crippen molar-refractivity contribution in [3.05, 3.63) is 58.2 Å². The summed E-state index contributed by atoms with van der Waals surface area (Å²) in [6.07, 6.45) is 0. The van der Waals surface area contributed by atoms with Crippen molar-refractivity contribution in [2.45, 2.75) is 6.54 Å². The minimum Gasteiger partial charge on any atom is -0.331 e. The van der Waals surface area contributed by atoms with E-state index in [0.29, 0.717) is 6.54 Å². The second kappa shape index (κ2) is 6.51. The van der Waals surface area contributed by atoms with Gasteiger partial charge in [0.05, 0.1) is 17.2 Å². The van der Waals surface area contributed by atoms with Gasteiger partial charge in [-0.2, -0.15) is 0 Å². The van der Waals surface area contributed by atoms with E-state index in [1.807, 2.05) is 53.2 Å². The summed E-state index contributed by atoms with van der Waals surface area (Å²) in [6.45, 7) is 0.425. The maximum absolute atomic E-state index is 11.7. The van der Waals surface area contributed by atoms with Crippen LogP contribution in [0.5, 0.6) is 0 Å². The molecule has 0 saturated carbocycles. The van der Waals surface area contributed by atoms with Crippen LogP contribution < -0.4 is 10.6 Å². The smallest absolute Gasteiger partial charge is 0.320 e. The number of carbonyl (C=O) groups is 1. The average molecular weight is 315 g/mol. The van der Waals surface area contributed by atoms with Crippen molar-refractivity contribution in [3.8, 4) is 11.3 Å². The van der Waals surface area contributed by atoms with Crippen LogP contribution in [0.1, 0.15) is 5.01 Å². The molecule has 0 aliphatic carbocycles. The fourth-order valence-electron chi connectivity index (χ4n) is 1.80. The third kappa shape index (κ3) is 3.68. The fourth-order valence-corrected chi connectivity index (χ4v) is 3.15. The highest BCUT2D eigenvalue weighted by molar-refractivity contribution is 7.14. The van der Waals surface area contributed by atoms with E-state index in [-0.39, 0.29) is 6.03 Å². The van der Waals surface area contributed by atoms with Crippen LogP contribution in [-0.2, 0) is 6.54 Å². The van der Waals surface area contributed by atoms with E-state index >= 15 is 0 Å². The lowest BCUT2D eigenvalue weighted by Gasteiger charge is -2.03. The lowest BCUT2D eigenvalue weighted by Crippen LogP contribution is -2.27. The third-order valence-electron chi connectivity index (χ3n) is 2.78. The summed E-state index contributed by atoms with van der Waals surface area (Å²) in [6, 6.07) is 13.5. The first-order valence-corrected chi connectivity index (χ1v) is 8.15. The monoisotopic (exact) mass is 315 g/mol. The van der Waals surface area contributed by atoms with Gasteiger partial charge in [-0.15, -0.1) is 22.7 Å². The van der Waals surface area contributed by atoms with E-state index < -0.39 is 0 Å². The van der Waals surface area contributed by atoms with Crippen molar-refractivity contribution in [1.29, 1.82) is 0 Å². The first-order valence-electron chi connectivity index (χ1n) is 6.39. The predicted molar refractivity (Wildman–Crippen MR) is 87.7 cm³/mol. The van der Waals surface area contributed by atoms with Crippen LogP contribution in [0, 0.1) is 0 Å². The molecule has 3 rings (SSSR count). The molecular weight excluding hydrogens is 302 g/mol. The molecule has 1 aromatic carbocycles. The first kappa shape index (κ1) is 13.8. The summed E-state index contributed by atoms with van der Waals surface area (Å²) in [4.78, 5) is 16.2. The van der Waals surface area contributed by atoms with Crippen molar-refractivity contribution >= 4 is 33.7 Å². The standard InChI is InChI=1S/C15H13N3OS2/c19-15(18-13-7-4-8-20-13)16-9-14-17-12(10-21-14)11-5-2-1-3-6-11/h1-8,10H,9H2,(H2,16,18,19). The van der Waals surface area contributed by atoms with Gasteiger partial charge >= 0.3 is 6.03 Å². The van der Waals surface area contributed by atoms with Gasteiger partial charge in [0.15, 0.2) is 0 Å². The maximum Gasteiger partial charge on any atom is 0.320 e. The van der Waals surface area contributed by atoms with Crippen LogP contribution in [0.3, 0.4) is 0 Å². The molecule has 21 heavy (non-hydrogen) atoms. The van der Waals surface area contributed by atoms with Crippen LogP contribution >= 0.6 is 22.7 Å². The highest BCUT2D eigenvalue weighted by Crippen LogP contribution is 2.21. The van der Waals surface area contributed by atoms with E-state index in [1.54, 1.807) is 11.3 Å². The SMILES string of the molecule is O=C(NCc1nc(-c2ccccc2)cs1)Nc1cccs1. The Kier molecular flexibility index (Phi) is 4.28. The number of nitrogens with zero attached hydrogens (tertiary/aromatic N) is 1. The summed E-state index contributed by atoms with van der Waals surface area (Å²) >= 11 is 3.03. The number of hydrogen-bond acceptors (Lipinski definition) is 4. The molecule has 106 valence electrons. The summed E-state index contributed by atoms with van der Waals surface area (Å²) in [5, 5.41) is 11.2. The Labute approximate surface area is 130 Å². The number of rotatable bonds is 4. The molecule has 2 heterocycles. The van der Waals surface area contributed by atoms with Gasteiger partial charge in [-0.05, 0) is 17.5 Å². The Morgan fingerprint density at radius 3 is 2.71 bits per heavy atom. The Hall–Kier alpha value is -2.18. The topological polar surface area (TPSA) is 54.0 Å². The summed E-state index contributed by atoms with van der Waals surface area (Å²) in [5.74, 6) is 0. The van der Waals surface area contributed by atoms with Crippen LogP contribution in [0.25, 0.3) is 11.3 Å². The van der Waals surface area contributed by atoms with Gasteiger partial charge in [-0.3, -0.25) is 5.32 Å². The molecule has 0 fully saturated rings. The van der Waals surface area contributed by atoms with E-state index in [0.717, 1.165) is 21.3 Å². The molecule has 0 unspecified atom stereocenters. The Bertz CT molecular complexity index is 708. The number of nitrogens with one attached hydrogen (secondary N) is 2. The lowest BCUT2D eigenvalue weighted by molar-refractivity contribution is 0.252. The number of benzene rings is 1. The molecular formula is C15H13N3OS2. The van der Waals surface area contributed by atoms with Gasteiger partial charge in [0, 0.05) is 10.9 Å². The normalized spacial score (nSPS) is 10.3. The van der Waals surface area contributed by atoms with E-state index in [1.165, 1.54) is 11.3 Å². The zero-order valence-corrected chi connectivity index (χ0v) is 12.7. The quantitative estimate of drug-likeness (QED) is 0.758. The number of hydrogen-bond donors (Lipinski definition) is 2. The van der Waals surface area contributed by atoms with Crippen LogP contribution in [0.2, 0.25) is 0 Å². The van der Waals surface area contributed by atoms with Gasteiger partial charge < -0.3 is 5.32 Å². The van der Waals surface area contributed by atoms with Gasteiger partial charge in [-0.25, -0.2) is 9.78 Å². The Morgan fingerprint density at radius 2 is 1.95 bits per heavy atom. The zero-order valence-electron chi connectivity index (χ0n) is 11.1. The number of amides is 2. The summed E-state index contributed by atoms with van der Waals surface area (Å²) in [7, 11) is 0. The maximum atomic E-state index is 11.7. The number of carbonyl (C=O) groups excluding carboxylic acids is 1. The van der Waals surface area contributed by atoms with Crippen molar-refractivity contribution in [2.24, 2.45) is 0 Å². The minimum absolute atomic E-state index is 0.214. The molecule has 6 heteroatoms. The van der Waals surface area contributed by atoms with Gasteiger partial charge in [0.25, 0.3) is 0 Å². The molecule has 0 bridgehead atoms. The molecule has 2 amide bonds. The molecule has 0 aliphatic rings. The molecule has 0 aliphatic heterocycles. The second-order valence-corrected chi connectivity index (χ2v) is 6.17. The lowest BCUT2D eigenvalue weighted by atomic mass is 10.2. The number of thiophene rings is 1. The van der Waals surface area contributed by atoms with E-state index in [9.17, 15) is 4.79 Å². The molecule has 2 N–H and O–H groups in total. The number of anilines is 1. The molecule has 0 spiro atoms. The highest BCUT2D eigenvalue weighted by atomic mass is 32.1. The van der Waals surface area contributed by atoms with Crippen LogP contribution in [-0.4, -0.2) is 11.0 Å². The largest absolute Gasteiger partial charge is 0.331 e. The average Bonchev–Trinajstić information content (AvgIpc) is 3.17. The molecule has 0 radical (unpaired) electrons. The van der Waals surface area contributed by atoms with Gasteiger partial charge in [0.2, 0.25) is 0 Å². The zero-order chi connectivity index (χ0) is 14.5. The van der Waals surface area contributed by atoms with Crippen molar-refractivity contribution < 1.29 is 4.79 Å². The second-order valence-electron chi connectivity index (χ2n) is 4.28. The number of urea groups is 1. The third-order valence-corrected chi connectivity index (χ3v) is 4.41. The van der Waals surface area contributed by atoms with Crippen molar-refractivity contribution in [3.63, 3.8) is 0 Å². The summed E-state index contributed by atoms with van der Waals surface area (Å²) < 4.78 is 0. The Morgan fingerprint density at radius 1 is 1.10 bits per heavy atom. The molecule has 4 nitrogen and oxygen atoms in total. The van der Waals surface area contributed by atoms with Crippen molar-refractivity contribution in [1.82, 2.24) is 10.3 Å². The molecule has 3 aromatic rings. The minimum atomic E-state index is -0.214. The van der Waals surface area contributed by atoms with Crippen LogP contribution in [0.4, 0.5) is 9.80 Å². The predicted octanol–water partition coefficient (Wildman–Crippen LogP) is 4.19. The fraction of sp³-hybridized carbons (Fsp3) is 0.0667. The molecule has 2 aromatic heterocycles. The van der Waals surface area contributed by atoms with E-state index in [2.05, 4.69) is 15.6 Å².